The van der Waals surface area contributed by atoms with Gasteiger partial charge in [-0.1, -0.05) is 74.3 Å². The molecule has 0 bridgehead atoms. The molecule has 2 saturated heterocycles. The fourth-order valence-electron chi connectivity index (χ4n) is 8.19. The lowest BCUT2D eigenvalue weighted by Crippen LogP contribution is -2.50. The standard InChI is InChI=1S/C29H27BrN4O7S.C20H19BrN4O5S.BCl3/c1-40-24-9-5-8-23(26(24)28(35)36)32-27-21-16-20(30)10-11-22(21)31-17-25(27)42(38,39)34-14-12-33(13-15-34)29(37)41-18-19-6-3-2-4-7-19;21-12-4-5-14-13(10-12)19(24-15-2-1-3-16(26)18(15)20(27)28)17(11-23-14)31(29,30)25-8-6-22-7-9-25;2-1(3)4/h2-11,16-17H,12-15,18H2,1H3,(H,31,32)(H,35,36);1-5,10-11,22,26H,6-9H2,(H,23,24)(H,27,28);. The van der Waals surface area contributed by atoms with Crippen LogP contribution < -0.4 is 20.7 Å². The molecule has 2 aliphatic heterocycles. The molecule has 28 heteroatoms. The summed E-state index contributed by atoms with van der Waals surface area (Å²) in [6.45, 7) is 2.16. The Kier molecular flexibility index (Phi) is 19.9. The van der Waals surface area contributed by atoms with Crippen molar-refractivity contribution in [2.45, 2.75) is 16.4 Å². The molecule has 7 aromatic rings. The van der Waals surface area contributed by atoms with Crippen molar-refractivity contribution >= 4 is 154 Å². The van der Waals surface area contributed by atoms with Crippen molar-refractivity contribution in [3.63, 3.8) is 0 Å². The molecule has 0 atom stereocenters. The molecule has 2 fully saturated rings. The molecular formula is C49H46BBr2Cl3N8O12S2. The highest BCUT2D eigenvalue weighted by Gasteiger charge is 2.35. The summed E-state index contributed by atoms with van der Waals surface area (Å²) in [6.07, 6.45) is 2.02. The van der Waals surface area contributed by atoms with E-state index in [0.717, 1.165) is 5.56 Å². The van der Waals surface area contributed by atoms with Gasteiger partial charge in [-0.2, -0.15) is 43.0 Å². The maximum atomic E-state index is 14.0. The number of aromatic hydroxyl groups is 1. The lowest BCUT2D eigenvalue weighted by molar-refractivity contribution is 0.0683. The highest BCUT2D eigenvalue weighted by molar-refractivity contribution is 9.10. The number of sulfonamides is 2. The third-order valence-electron chi connectivity index (χ3n) is 11.8. The number of carbonyl (C=O) groups is 3. The van der Waals surface area contributed by atoms with E-state index in [0.29, 0.717) is 56.9 Å². The zero-order chi connectivity index (χ0) is 55.6. The van der Waals surface area contributed by atoms with Crippen LogP contribution in [0.1, 0.15) is 26.3 Å². The molecule has 5 aromatic carbocycles. The maximum Gasteiger partial charge on any atom is 0.450 e. The summed E-state index contributed by atoms with van der Waals surface area (Å²) in [6, 6.07) is 28.6. The number of phenols is 1. The van der Waals surface area contributed by atoms with Gasteiger partial charge in [0.15, 0.2) is 0 Å². The predicted octanol–water partition coefficient (Wildman–Crippen LogP) is 9.52. The smallest absolute Gasteiger partial charge is 0.450 e. The number of nitrogens with one attached hydrogen (secondary N) is 3. The number of aromatic carboxylic acids is 2. The van der Waals surface area contributed by atoms with Gasteiger partial charge in [0.2, 0.25) is 20.0 Å². The molecule has 0 unspecified atom stereocenters. The zero-order valence-electron chi connectivity index (χ0n) is 40.4. The van der Waals surface area contributed by atoms with Gasteiger partial charge < -0.3 is 45.6 Å². The van der Waals surface area contributed by atoms with E-state index in [2.05, 4.69) is 57.8 Å². The van der Waals surface area contributed by atoms with Crippen LogP contribution in [0.5, 0.6) is 11.5 Å². The summed E-state index contributed by atoms with van der Waals surface area (Å²) in [5.74, 6) is -2.89. The molecular weight excluding hydrogens is 1230 g/mol. The van der Waals surface area contributed by atoms with Crippen LogP contribution in [0.15, 0.2) is 134 Å². The molecule has 77 heavy (non-hydrogen) atoms. The summed E-state index contributed by atoms with van der Waals surface area (Å²) in [7, 11) is -6.69. The van der Waals surface area contributed by atoms with Crippen molar-refractivity contribution in [3.8, 4) is 11.5 Å². The summed E-state index contributed by atoms with van der Waals surface area (Å²) >= 11 is 21.2. The molecule has 0 aliphatic carbocycles. The Labute approximate surface area is 474 Å². The number of ether oxygens (including phenoxy) is 2. The number of benzene rings is 5. The first-order valence-electron chi connectivity index (χ1n) is 23.0. The number of pyridine rings is 2. The van der Waals surface area contributed by atoms with Crippen LogP contribution in [0.4, 0.5) is 27.5 Å². The number of rotatable bonds is 13. The monoisotopic (exact) mass is 1280 g/mol. The molecule has 2 aliphatic rings. The minimum atomic E-state index is -4.13. The Hall–Kier alpha value is -6.00. The van der Waals surface area contributed by atoms with Gasteiger partial charge in [0.05, 0.1) is 40.9 Å². The molecule has 0 radical (unpaired) electrons. The zero-order valence-corrected chi connectivity index (χ0v) is 47.4. The second-order valence-corrected chi connectivity index (χ2v) is 24.2. The number of halogens is 5. The van der Waals surface area contributed by atoms with E-state index in [-0.39, 0.29) is 82.2 Å². The molecule has 2 aromatic heterocycles. The molecule has 1 amide bonds. The first kappa shape index (κ1) is 58.7. The number of hydrogen-bond donors (Lipinski definition) is 6. The van der Waals surface area contributed by atoms with Gasteiger partial charge in [0.25, 0.3) is 0 Å². The second-order valence-electron chi connectivity index (χ2n) is 16.6. The summed E-state index contributed by atoms with van der Waals surface area (Å²) in [5, 5.41) is 39.6. The highest BCUT2D eigenvalue weighted by atomic mass is 79.9. The van der Waals surface area contributed by atoms with Gasteiger partial charge in [0, 0.05) is 84.5 Å². The van der Waals surface area contributed by atoms with Crippen molar-refractivity contribution in [2.75, 3.05) is 70.1 Å². The van der Waals surface area contributed by atoms with Crippen molar-refractivity contribution in [2.24, 2.45) is 0 Å². The molecule has 4 heterocycles. The van der Waals surface area contributed by atoms with Crippen LogP contribution in [0.3, 0.4) is 0 Å². The Bertz CT molecular complexity index is 3550. The average Bonchev–Trinajstić information content (AvgIpc) is 3.43. The van der Waals surface area contributed by atoms with Crippen molar-refractivity contribution in [3.05, 3.63) is 141 Å². The van der Waals surface area contributed by atoms with Gasteiger partial charge in [-0.05, 0) is 66.2 Å². The topological polar surface area (TPSA) is 270 Å². The van der Waals surface area contributed by atoms with Crippen LogP contribution >= 0.6 is 66.2 Å². The Morgan fingerprint density at radius 1 is 0.675 bits per heavy atom. The van der Waals surface area contributed by atoms with Gasteiger partial charge in [-0.3, -0.25) is 9.97 Å². The van der Waals surface area contributed by atoms with E-state index in [1.165, 1.54) is 63.3 Å². The molecule has 9 rings (SSSR count). The fraction of sp³-hybridized carbons (Fsp3) is 0.204. The lowest BCUT2D eigenvalue weighted by atomic mass is 10.1. The number of nitrogens with zero attached hydrogens (tertiary/aromatic N) is 5. The Morgan fingerprint density at radius 2 is 1.16 bits per heavy atom. The number of aromatic nitrogens is 2. The fourth-order valence-corrected chi connectivity index (χ4v) is 12.0. The third kappa shape index (κ3) is 14.2. The first-order chi connectivity index (χ1) is 36.7. The van der Waals surface area contributed by atoms with Crippen LogP contribution in [-0.4, -0.2) is 138 Å². The second kappa shape index (κ2) is 26.1. The number of amides is 1. The molecule has 6 N–H and O–H groups in total. The van der Waals surface area contributed by atoms with Gasteiger partial charge in [0.1, 0.15) is 39.0 Å². The highest BCUT2D eigenvalue weighted by Crippen LogP contribution is 2.39. The molecule has 20 nitrogen and oxygen atoms in total. The number of hydrogen-bond acceptors (Lipinski definition) is 15. The Balaban J connectivity index is 0.000000217. The van der Waals surface area contributed by atoms with Crippen molar-refractivity contribution < 1.29 is 56.0 Å². The van der Waals surface area contributed by atoms with E-state index in [9.17, 15) is 46.5 Å². The average molecular weight is 1280 g/mol. The molecule has 404 valence electrons. The predicted molar refractivity (Wildman–Crippen MR) is 302 cm³/mol. The van der Waals surface area contributed by atoms with E-state index in [1.807, 2.05) is 30.3 Å². The van der Waals surface area contributed by atoms with Crippen LogP contribution in [0.25, 0.3) is 21.8 Å². The van der Waals surface area contributed by atoms with Crippen molar-refractivity contribution in [1.82, 2.24) is 28.8 Å². The molecule has 0 saturated carbocycles. The van der Waals surface area contributed by atoms with Crippen LogP contribution in [-0.2, 0) is 31.4 Å². The largest absolute Gasteiger partial charge is 0.507 e. The minimum absolute atomic E-state index is 0.0399. The summed E-state index contributed by atoms with van der Waals surface area (Å²) in [5.41, 5.74) is 1.96. The maximum absolute atomic E-state index is 14.0. The first-order valence-corrected chi connectivity index (χ1v) is 28.7. The Morgan fingerprint density at radius 3 is 1.65 bits per heavy atom. The number of anilines is 4. The van der Waals surface area contributed by atoms with Gasteiger partial charge in [-0.15, -0.1) is 0 Å². The number of piperazine rings is 2. The quantitative estimate of drug-likeness (QED) is 0.0587. The third-order valence-corrected chi connectivity index (χ3v) is 16.6. The van der Waals surface area contributed by atoms with E-state index in [4.69, 9.17) is 43.9 Å². The van der Waals surface area contributed by atoms with Crippen LogP contribution in [0.2, 0.25) is 0 Å². The van der Waals surface area contributed by atoms with E-state index in [1.54, 1.807) is 42.5 Å². The SMILES string of the molecule is COc1cccc(Nc2c(S(=O)(=O)N3CCN(C(=O)OCc4ccccc4)CC3)cnc3ccc(Br)cc23)c1C(=O)O.ClB(Cl)Cl.O=C(O)c1c(O)cccc1Nc1c(S(=O)(=O)N2CCNCC2)cnc2ccc(Br)cc12. The summed E-state index contributed by atoms with van der Waals surface area (Å²) in [4.78, 5) is 45.7. The number of carbonyl (C=O) groups excluding carboxylic acids is 1. The van der Waals surface area contributed by atoms with Crippen LogP contribution in [0, 0.1) is 0 Å². The van der Waals surface area contributed by atoms with Gasteiger partial charge in [-0.25, -0.2) is 31.2 Å². The number of carboxylic acids is 2. The van der Waals surface area contributed by atoms with E-state index < -0.39 is 48.8 Å². The molecule has 0 spiro atoms. The normalized spacial score (nSPS) is 14.1. The number of fused-ring (bicyclic) bond motifs is 2. The summed E-state index contributed by atoms with van der Waals surface area (Å²) < 4.78 is 69.6. The number of carboxylic acid groups (broad SMARTS) is 2. The van der Waals surface area contributed by atoms with E-state index >= 15 is 0 Å². The minimum Gasteiger partial charge on any atom is -0.507 e. The number of methoxy groups -OCH3 is 1. The lowest BCUT2D eigenvalue weighted by Gasteiger charge is -2.33. The van der Waals surface area contributed by atoms with Gasteiger partial charge >= 0.3 is 23.0 Å². The van der Waals surface area contributed by atoms with Crippen molar-refractivity contribution in [1.29, 1.82) is 0 Å².